The number of hydrogen-bond acceptors (Lipinski definition) is 2. The predicted molar refractivity (Wildman–Crippen MR) is 80.1 cm³/mol. The highest BCUT2D eigenvalue weighted by atomic mass is 16.6. The van der Waals surface area contributed by atoms with Gasteiger partial charge >= 0.3 is 5.97 Å². The summed E-state index contributed by atoms with van der Waals surface area (Å²) in [5.74, 6) is 6.56. The normalized spacial score (nSPS) is 16.7. The summed E-state index contributed by atoms with van der Waals surface area (Å²) in [6.45, 7) is 3.40. The predicted octanol–water partition coefficient (Wildman–Crippen LogP) is 3.74. The zero-order valence-corrected chi connectivity index (χ0v) is 12.3. The molecule has 0 aliphatic heterocycles. The minimum absolute atomic E-state index is 0.238. The third kappa shape index (κ3) is 4.42. The van der Waals surface area contributed by atoms with E-state index in [1.54, 1.807) is 0 Å². The van der Waals surface area contributed by atoms with E-state index in [1.807, 2.05) is 13.0 Å². The van der Waals surface area contributed by atoms with Crippen LogP contribution in [-0.2, 0) is 16.0 Å². The van der Waals surface area contributed by atoms with Gasteiger partial charge in [-0.15, -0.1) is 0 Å². The fourth-order valence-corrected chi connectivity index (χ4v) is 2.41. The maximum Gasteiger partial charge on any atom is 0.304 e. The molecular weight excluding hydrogens is 248 g/mol. The van der Waals surface area contributed by atoms with Gasteiger partial charge < -0.3 is 4.74 Å². The average molecular weight is 270 g/mol. The van der Waals surface area contributed by atoms with Crippen molar-refractivity contribution in [3.05, 3.63) is 35.9 Å². The Bertz CT molecular complexity index is 505. The van der Waals surface area contributed by atoms with Crippen molar-refractivity contribution in [2.45, 2.75) is 51.6 Å². The maximum atomic E-state index is 11.2. The van der Waals surface area contributed by atoms with Crippen molar-refractivity contribution >= 4 is 5.97 Å². The van der Waals surface area contributed by atoms with Gasteiger partial charge in [0.25, 0.3) is 0 Å². The minimum Gasteiger partial charge on any atom is -0.446 e. The molecule has 0 N–H and O–H groups in total. The minimum atomic E-state index is -0.571. The van der Waals surface area contributed by atoms with E-state index < -0.39 is 5.60 Å². The first-order valence-corrected chi connectivity index (χ1v) is 7.34. The maximum absolute atomic E-state index is 11.2. The number of unbranched alkanes of at least 4 members (excludes halogenated alkanes) is 1. The van der Waals surface area contributed by atoms with Crippen LogP contribution in [0.2, 0.25) is 0 Å². The lowest BCUT2D eigenvalue weighted by Gasteiger charge is -2.22. The highest BCUT2D eigenvalue weighted by Crippen LogP contribution is 2.41. The standard InChI is InChI=1S/C18H22O2/c1-15(19)20-18(2,17-12-13-17)14-8-4-7-11-16-9-5-3-6-10-16/h3,5-6,9-10,17H,4,7,11-13H2,1-2H3. The number of aryl methyl sites for hydroxylation is 1. The first-order valence-electron chi connectivity index (χ1n) is 7.34. The first kappa shape index (κ1) is 14.7. The van der Waals surface area contributed by atoms with Crippen LogP contribution in [0.15, 0.2) is 30.3 Å². The van der Waals surface area contributed by atoms with E-state index in [2.05, 4.69) is 36.1 Å². The molecule has 1 fully saturated rings. The summed E-state index contributed by atoms with van der Waals surface area (Å²) < 4.78 is 5.41. The molecule has 20 heavy (non-hydrogen) atoms. The van der Waals surface area contributed by atoms with Gasteiger partial charge in [0.2, 0.25) is 0 Å². The third-order valence-corrected chi connectivity index (χ3v) is 3.66. The molecule has 0 bridgehead atoms. The quantitative estimate of drug-likeness (QED) is 0.463. The largest absolute Gasteiger partial charge is 0.446 e. The molecule has 0 radical (unpaired) electrons. The molecule has 0 heterocycles. The van der Waals surface area contributed by atoms with Crippen molar-refractivity contribution in [2.24, 2.45) is 5.92 Å². The number of esters is 1. The van der Waals surface area contributed by atoms with Gasteiger partial charge in [0.1, 0.15) is 0 Å². The lowest BCUT2D eigenvalue weighted by Crippen LogP contribution is -2.31. The van der Waals surface area contributed by atoms with Gasteiger partial charge in [0.05, 0.1) is 0 Å². The highest BCUT2D eigenvalue weighted by molar-refractivity contribution is 5.67. The van der Waals surface area contributed by atoms with Crippen molar-refractivity contribution in [3.63, 3.8) is 0 Å². The summed E-state index contributed by atoms with van der Waals surface area (Å²) in [6, 6.07) is 10.4. The number of ether oxygens (including phenoxy) is 1. The molecule has 1 aromatic carbocycles. The molecule has 106 valence electrons. The van der Waals surface area contributed by atoms with Gasteiger partial charge in [-0.1, -0.05) is 42.2 Å². The fraction of sp³-hybridized carbons (Fsp3) is 0.500. The molecule has 2 heteroatoms. The van der Waals surface area contributed by atoms with E-state index in [-0.39, 0.29) is 5.97 Å². The Labute approximate surface area is 121 Å². The Balaban J connectivity index is 1.81. The second kappa shape index (κ2) is 6.61. The Morgan fingerprint density at radius 1 is 1.35 bits per heavy atom. The van der Waals surface area contributed by atoms with E-state index >= 15 is 0 Å². The number of carbonyl (C=O) groups is 1. The molecule has 1 aromatic rings. The van der Waals surface area contributed by atoms with Crippen molar-refractivity contribution in [1.29, 1.82) is 0 Å². The summed E-state index contributed by atoms with van der Waals surface area (Å²) in [4.78, 5) is 11.2. The fourth-order valence-electron chi connectivity index (χ4n) is 2.41. The lowest BCUT2D eigenvalue weighted by atomic mass is 10.0. The molecule has 1 saturated carbocycles. The molecule has 1 aliphatic carbocycles. The van der Waals surface area contributed by atoms with E-state index in [1.165, 1.54) is 12.5 Å². The van der Waals surface area contributed by atoms with Gasteiger partial charge in [-0.2, -0.15) is 0 Å². The summed E-state index contributed by atoms with van der Waals surface area (Å²) in [6.07, 6.45) is 5.16. The Hall–Kier alpha value is -1.75. The van der Waals surface area contributed by atoms with Crippen molar-refractivity contribution in [1.82, 2.24) is 0 Å². The van der Waals surface area contributed by atoms with Crippen LogP contribution in [0.4, 0.5) is 0 Å². The molecule has 2 nitrogen and oxygen atoms in total. The number of benzene rings is 1. The molecule has 0 amide bonds. The topological polar surface area (TPSA) is 26.3 Å². The van der Waals surface area contributed by atoms with Crippen LogP contribution in [0, 0.1) is 17.8 Å². The van der Waals surface area contributed by atoms with Gasteiger partial charge in [0.15, 0.2) is 5.60 Å². The van der Waals surface area contributed by atoms with Gasteiger partial charge in [-0.25, -0.2) is 0 Å². The summed E-state index contributed by atoms with van der Waals surface area (Å²) >= 11 is 0. The molecule has 1 atom stereocenters. The smallest absolute Gasteiger partial charge is 0.304 e. The van der Waals surface area contributed by atoms with Crippen LogP contribution in [0.5, 0.6) is 0 Å². The zero-order valence-electron chi connectivity index (χ0n) is 12.3. The second-order valence-electron chi connectivity index (χ2n) is 5.62. The highest BCUT2D eigenvalue weighted by Gasteiger charge is 2.43. The third-order valence-electron chi connectivity index (χ3n) is 3.66. The summed E-state index contributed by atoms with van der Waals surface area (Å²) in [5, 5.41) is 0. The number of carbonyl (C=O) groups excluding carboxylic acids is 1. The van der Waals surface area contributed by atoms with Crippen LogP contribution in [0.3, 0.4) is 0 Å². The van der Waals surface area contributed by atoms with Crippen LogP contribution in [0.25, 0.3) is 0 Å². The van der Waals surface area contributed by atoms with Crippen LogP contribution in [-0.4, -0.2) is 11.6 Å². The van der Waals surface area contributed by atoms with Gasteiger partial charge in [0, 0.05) is 19.3 Å². The molecule has 0 saturated heterocycles. The SMILES string of the molecule is CC(=O)OC(C)(C#CCCCc1ccccc1)C1CC1. The van der Waals surface area contributed by atoms with E-state index in [0.29, 0.717) is 5.92 Å². The Morgan fingerprint density at radius 2 is 2.05 bits per heavy atom. The number of hydrogen-bond donors (Lipinski definition) is 0. The average Bonchev–Trinajstić information content (AvgIpc) is 3.23. The molecule has 1 unspecified atom stereocenters. The van der Waals surface area contributed by atoms with E-state index in [9.17, 15) is 4.79 Å². The molecule has 1 aliphatic rings. The summed E-state index contributed by atoms with van der Waals surface area (Å²) in [7, 11) is 0. The Morgan fingerprint density at radius 3 is 2.65 bits per heavy atom. The molecule has 0 aromatic heterocycles. The monoisotopic (exact) mass is 270 g/mol. The van der Waals surface area contributed by atoms with Crippen LogP contribution >= 0.6 is 0 Å². The second-order valence-corrected chi connectivity index (χ2v) is 5.62. The summed E-state index contributed by atoms with van der Waals surface area (Å²) in [5.41, 5.74) is 0.776. The van der Waals surface area contributed by atoms with Crippen molar-refractivity contribution in [3.8, 4) is 11.8 Å². The van der Waals surface area contributed by atoms with Gasteiger partial charge in [-0.05, 0) is 38.2 Å². The van der Waals surface area contributed by atoms with Gasteiger partial charge in [-0.3, -0.25) is 4.79 Å². The molecule has 2 rings (SSSR count). The first-order chi connectivity index (χ1) is 9.60. The molecular formula is C18H22O2. The lowest BCUT2D eigenvalue weighted by molar-refractivity contribution is -0.151. The Kier molecular flexibility index (Phi) is 4.84. The zero-order chi connectivity index (χ0) is 14.4. The van der Waals surface area contributed by atoms with Crippen molar-refractivity contribution in [2.75, 3.05) is 0 Å². The number of rotatable bonds is 5. The van der Waals surface area contributed by atoms with Crippen LogP contribution < -0.4 is 0 Å². The van der Waals surface area contributed by atoms with E-state index in [4.69, 9.17) is 4.74 Å². The van der Waals surface area contributed by atoms with E-state index in [0.717, 1.165) is 32.1 Å². The van der Waals surface area contributed by atoms with Crippen molar-refractivity contribution < 1.29 is 9.53 Å². The van der Waals surface area contributed by atoms with Crippen LogP contribution in [0.1, 0.15) is 45.1 Å². The molecule has 0 spiro atoms.